The number of aromatic hydroxyl groups is 2. The fraction of sp³-hybridized carbons (Fsp3) is 0.368. The summed E-state index contributed by atoms with van der Waals surface area (Å²) in [5.74, 6) is -0.346. The highest BCUT2D eigenvalue weighted by molar-refractivity contribution is 5.48. The summed E-state index contributed by atoms with van der Waals surface area (Å²) in [6.07, 6.45) is 0.0944. The number of aliphatic hydroxyl groups excluding tert-OH is 1. The molecule has 0 aliphatic heterocycles. The van der Waals surface area contributed by atoms with Gasteiger partial charge in [-0.3, -0.25) is 0 Å². The van der Waals surface area contributed by atoms with Crippen molar-refractivity contribution in [2.45, 2.75) is 38.8 Å². The lowest BCUT2D eigenvalue weighted by Crippen LogP contribution is -2.43. The molecule has 4 nitrogen and oxygen atoms in total. The van der Waals surface area contributed by atoms with Crippen LogP contribution >= 0.6 is 0 Å². The second-order valence-electron chi connectivity index (χ2n) is 6.59. The van der Waals surface area contributed by atoms with Crippen LogP contribution in [-0.4, -0.2) is 27.4 Å². The predicted octanol–water partition coefficient (Wildman–Crippen LogP) is 3.05. The molecule has 0 aliphatic carbocycles. The lowest BCUT2D eigenvalue weighted by Gasteiger charge is -2.28. The van der Waals surface area contributed by atoms with Crippen LogP contribution in [0.4, 0.5) is 0 Å². The molecule has 0 aromatic heterocycles. The van der Waals surface area contributed by atoms with Crippen LogP contribution in [0.2, 0.25) is 0 Å². The number of rotatable bonds is 6. The largest absolute Gasteiger partial charge is 0.504 e. The van der Waals surface area contributed by atoms with Crippen molar-refractivity contribution in [1.29, 1.82) is 0 Å². The predicted molar refractivity (Wildman–Crippen MR) is 91.7 cm³/mol. The van der Waals surface area contributed by atoms with Gasteiger partial charge in [-0.2, -0.15) is 0 Å². The smallest absolute Gasteiger partial charge is 0.160 e. The maximum absolute atomic E-state index is 10.4. The zero-order valence-corrected chi connectivity index (χ0v) is 13.9. The van der Waals surface area contributed by atoms with Crippen molar-refractivity contribution in [3.8, 4) is 11.5 Å². The average Bonchev–Trinajstić information content (AvgIpc) is 2.51. The summed E-state index contributed by atoms with van der Waals surface area (Å²) in [6, 6.07) is 13.2. The maximum Gasteiger partial charge on any atom is 0.160 e. The van der Waals surface area contributed by atoms with Crippen molar-refractivity contribution in [3.63, 3.8) is 0 Å². The number of aliphatic hydroxyl groups is 1. The zero-order valence-electron chi connectivity index (χ0n) is 13.9. The van der Waals surface area contributed by atoms with E-state index in [1.165, 1.54) is 11.6 Å². The molecule has 0 spiro atoms. The van der Waals surface area contributed by atoms with Crippen LogP contribution in [0, 0.1) is 6.92 Å². The summed E-state index contributed by atoms with van der Waals surface area (Å²) < 4.78 is 0. The van der Waals surface area contributed by atoms with Gasteiger partial charge in [0.15, 0.2) is 11.5 Å². The van der Waals surface area contributed by atoms with Crippen LogP contribution in [-0.2, 0) is 6.42 Å². The van der Waals surface area contributed by atoms with Crippen molar-refractivity contribution < 1.29 is 15.3 Å². The van der Waals surface area contributed by atoms with E-state index in [1.807, 2.05) is 18.2 Å². The van der Waals surface area contributed by atoms with E-state index in [4.69, 9.17) is 0 Å². The van der Waals surface area contributed by atoms with Gasteiger partial charge in [0.1, 0.15) is 0 Å². The van der Waals surface area contributed by atoms with Gasteiger partial charge in [-0.1, -0.05) is 36.4 Å². The van der Waals surface area contributed by atoms with Gasteiger partial charge in [0.2, 0.25) is 0 Å². The number of nitrogens with one attached hydrogen (secondary N) is 1. The van der Waals surface area contributed by atoms with Crippen molar-refractivity contribution in [2.75, 3.05) is 6.54 Å². The Kier molecular flexibility index (Phi) is 5.29. The molecule has 0 heterocycles. The molecule has 1 unspecified atom stereocenters. The quantitative estimate of drug-likeness (QED) is 0.618. The molecule has 2 rings (SSSR count). The molecular weight excluding hydrogens is 290 g/mol. The molecule has 0 bridgehead atoms. The average molecular weight is 315 g/mol. The van der Waals surface area contributed by atoms with Crippen LogP contribution in [0.3, 0.4) is 0 Å². The monoisotopic (exact) mass is 315 g/mol. The van der Waals surface area contributed by atoms with Crippen molar-refractivity contribution in [2.24, 2.45) is 0 Å². The van der Waals surface area contributed by atoms with E-state index >= 15 is 0 Å². The minimum atomic E-state index is -0.753. The Labute approximate surface area is 137 Å². The minimum Gasteiger partial charge on any atom is -0.504 e. The summed E-state index contributed by atoms with van der Waals surface area (Å²) in [7, 11) is 0. The van der Waals surface area contributed by atoms with E-state index in [0.717, 1.165) is 6.42 Å². The Hall–Kier alpha value is -2.04. The normalized spacial score (nSPS) is 13.0. The van der Waals surface area contributed by atoms with E-state index < -0.39 is 6.10 Å². The van der Waals surface area contributed by atoms with Crippen LogP contribution < -0.4 is 5.32 Å². The molecule has 23 heavy (non-hydrogen) atoms. The molecule has 2 aromatic rings. The van der Waals surface area contributed by atoms with E-state index in [1.54, 1.807) is 13.0 Å². The summed E-state index contributed by atoms with van der Waals surface area (Å²) in [6.45, 7) is 6.23. The highest BCUT2D eigenvalue weighted by Crippen LogP contribution is 2.33. The van der Waals surface area contributed by atoms with E-state index in [0.29, 0.717) is 17.7 Å². The Morgan fingerprint density at radius 1 is 1.04 bits per heavy atom. The van der Waals surface area contributed by atoms with Crippen LogP contribution in [0.1, 0.15) is 36.6 Å². The van der Waals surface area contributed by atoms with E-state index in [2.05, 4.69) is 31.3 Å². The molecule has 0 aliphatic rings. The number of hydrogen-bond donors (Lipinski definition) is 4. The molecule has 4 N–H and O–H groups in total. The second kappa shape index (κ2) is 7.02. The number of phenols is 2. The Morgan fingerprint density at radius 3 is 2.35 bits per heavy atom. The Morgan fingerprint density at radius 2 is 1.70 bits per heavy atom. The van der Waals surface area contributed by atoms with Gasteiger partial charge in [-0.15, -0.1) is 0 Å². The summed E-state index contributed by atoms with van der Waals surface area (Å²) in [4.78, 5) is 0. The lowest BCUT2D eigenvalue weighted by atomic mass is 9.94. The van der Waals surface area contributed by atoms with Crippen molar-refractivity contribution in [3.05, 3.63) is 59.2 Å². The molecule has 4 heteroatoms. The molecular formula is C19H25NO3. The van der Waals surface area contributed by atoms with Crippen LogP contribution in [0.25, 0.3) is 0 Å². The number of β-amino-alcohol motifs (C(OH)–C–C–N with tert-alkyl or cyclic N) is 1. The Balaban J connectivity index is 2.01. The SMILES string of the molecule is Cc1c(C(O)CNC(C)(C)Cc2ccccc2)ccc(O)c1O. The fourth-order valence-corrected chi connectivity index (χ4v) is 2.71. The summed E-state index contributed by atoms with van der Waals surface area (Å²) in [5.41, 5.74) is 2.18. The van der Waals surface area contributed by atoms with Crippen LogP contribution in [0.5, 0.6) is 11.5 Å². The van der Waals surface area contributed by atoms with Gasteiger partial charge in [0.05, 0.1) is 6.10 Å². The number of phenolic OH excluding ortho intramolecular Hbond substituents is 2. The highest BCUT2D eigenvalue weighted by Gasteiger charge is 2.21. The minimum absolute atomic E-state index is 0.171. The molecule has 0 saturated carbocycles. The first-order chi connectivity index (χ1) is 10.8. The second-order valence-corrected chi connectivity index (χ2v) is 6.59. The molecule has 0 radical (unpaired) electrons. The lowest BCUT2D eigenvalue weighted by molar-refractivity contribution is 0.159. The third-order valence-electron chi connectivity index (χ3n) is 4.07. The van der Waals surface area contributed by atoms with Crippen LogP contribution in [0.15, 0.2) is 42.5 Å². The van der Waals surface area contributed by atoms with Crippen molar-refractivity contribution >= 4 is 0 Å². The highest BCUT2D eigenvalue weighted by atomic mass is 16.3. The third kappa shape index (κ3) is 4.47. The first-order valence-electron chi connectivity index (χ1n) is 7.78. The van der Waals surface area contributed by atoms with Gasteiger partial charge >= 0.3 is 0 Å². The van der Waals surface area contributed by atoms with Gasteiger partial charge in [0, 0.05) is 17.6 Å². The van der Waals surface area contributed by atoms with E-state index in [-0.39, 0.29) is 17.0 Å². The zero-order chi connectivity index (χ0) is 17.0. The maximum atomic E-state index is 10.4. The third-order valence-corrected chi connectivity index (χ3v) is 4.07. The number of benzene rings is 2. The first-order valence-corrected chi connectivity index (χ1v) is 7.78. The van der Waals surface area contributed by atoms with Gasteiger partial charge in [0.25, 0.3) is 0 Å². The van der Waals surface area contributed by atoms with E-state index in [9.17, 15) is 15.3 Å². The van der Waals surface area contributed by atoms with Gasteiger partial charge in [-0.05, 0) is 44.4 Å². The van der Waals surface area contributed by atoms with Gasteiger partial charge < -0.3 is 20.6 Å². The fourth-order valence-electron chi connectivity index (χ4n) is 2.71. The van der Waals surface area contributed by atoms with Gasteiger partial charge in [-0.25, -0.2) is 0 Å². The molecule has 0 saturated heterocycles. The molecule has 1 atom stereocenters. The molecule has 0 fully saturated rings. The molecule has 0 amide bonds. The molecule has 2 aromatic carbocycles. The Bertz CT molecular complexity index is 653. The van der Waals surface area contributed by atoms with Crippen molar-refractivity contribution in [1.82, 2.24) is 5.32 Å². The topological polar surface area (TPSA) is 72.7 Å². The number of hydrogen-bond acceptors (Lipinski definition) is 4. The standard InChI is InChI=1S/C19H25NO3/c1-13-15(9-10-16(21)18(13)23)17(22)12-20-19(2,3)11-14-7-5-4-6-8-14/h4-10,17,20-23H,11-12H2,1-3H3. The molecule has 124 valence electrons. The first kappa shape index (κ1) is 17.3. The summed E-state index contributed by atoms with van der Waals surface area (Å²) >= 11 is 0. The summed E-state index contributed by atoms with van der Waals surface area (Å²) in [5, 5.41) is 33.0.